The van der Waals surface area contributed by atoms with Gasteiger partial charge in [-0.1, -0.05) is 0 Å². The first-order valence-corrected chi connectivity index (χ1v) is 5.08. The van der Waals surface area contributed by atoms with Crippen LogP contribution in [-0.2, 0) is 16.0 Å². The fourth-order valence-electron chi connectivity index (χ4n) is 1.21. The molecule has 0 aromatic carbocycles. The van der Waals surface area contributed by atoms with Crippen LogP contribution in [-0.4, -0.2) is 52.7 Å². The normalized spacial score (nSPS) is 10.5. The van der Waals surface area contributed by atoms with Gasteiger partial charge in [0.15, 0.2) is 0 Å². The molecule has 0 aliphatic rings. The molecular weight excluding hydrogens is 246 g/mol. The summed E-state index contributed by atoms with van der Waals surface area (Å²) in [5.41, 5.74) is -1.10. The van der Waals surface area contributed by atoms with Gasteiger partial charge >= 0.3 is 11.7 Å². The van der Waals surface area contributed by atoms with E-state index in [1.165, 1.54) is 4.68 Å². The van der Waals surface area contributed by atoms with Gasteiger partial charge in [-0.15, -0.1) is 0 Å². The zero-order chi connectivity index (χ0) is 13.5. The maximum atomic E-state index is 10.7. The molecule has 9 nitrogen and oxygen atoms in total. The number of hydrogen-bond donors (Lipinski definition) is 1. The van der Waals surface area contributed by atoms with Crippen molar-refractivity contribution in [3.63, 3.8) is 0 Å². The lowest BCUT2D eigenvalue weighted by Crippen LogP contribution is -2.10. The zero-order valence-corrected chi connectivity index (χ0v) is 9.74. The predicted octanol–water partition coefficient (Wildman–Crippen LogP) is 0.152. The van der Waals surface area contributed by atoms with Crippen molar-refractivity contribution in [1.82, 2.24) is 9.78 Å². The van der Waals surface area contributed by atoms with Crippen LogP contribution in [0.3, 0.4) is 0 Å². The number of hydrogen-bond acceptors (Lipinski definition) is 6. The third kappa shape index (κ3) is 3.79. The highest BCUT2D eigenvalue weighted by Crippen LogP contribution is 2.16. The predicted molar refractivity (Wildman–Crippen MR) is 58.5 cm³/mol. The molecule has 0 unspecified atom stereocenters. The number of nitro groups is 1. The number of rotatable bonds is 8. The molecule has 0 radical (unpaired) electrons. The van der Waals surface area contributed by atoms with E-state index >= 15 is 0 Å². The lowest BCUT2D eigenvalue weighted by molar-refractivity contribution is -0.385. The third-order valence-corrected chi connectivity index (χ3v) is 2.04. The number of aromatic carboxylic acids is 1. The molecule has 1 N–H and O–H groups in total. The molecular formula is C9H13N3O6. The molecule has 1 aromatic rings. The van der Waals surface area contributed by atoms with Crippen molar-refractivity contribution in [1.29, 1.82) is 0 Å². The van der Waals surface area contributed by atoms with Crippen LogP contribution in [0, 0.1) is 10.1 Å². The van der Waals surface area contributed by atoms with E-state index in [0.29, 0.717) is 13.2 Å². The van der Waals surface area contributed by atoms with Crippen molar-refractivity contribution < 1.29 is 24.3 Å². The molecule has 1 rings (SSSR count). The molecule has 0 fully saturated rings. The Hall–Kier alpha value is -2.00. The van der Waals surface area contributed by atoms with Crippen LogP contribution in [0.5, 0.6) is 0 Å². The molecule has 0 saturated carbocycles. The van der Waals surface area contributed by atoms with Crippen molar-refractivity contribution >= 4 is 11.7 Å². The number of carboxylic acid groups (broad SMARTS) is 1. The molecule has 0 saturated heterocycles. The third-order valence-electron chi connectivity index (χ3n) is 2.04. The van der Waals surface area contributed by atoms with Crippen molar-refractivity contribution in [2.75, 3.05) is 26.9 Å². The Labute approximate surface area is 102 Å². The number of methoxy groups -OCH3 is 1. The fraction of sp³-hybridized carbons (Fsp3) is 0.556. The van der Waals surface area contributed by atoms with E-state index < -0.39 is 22.3 Å². The van der Waals surface area contributed by atoms with Crippen LogP contribution >= 0.6 is 0 Å². The first-order chi connectivity index (χ1) is 8.56. The van der Waals surface area contributed by atoms with Gasteiger partial charge in [-0.2, -0.15) is 5.10 Å². The van der Waals surface area contributed by atoms with Crippen LogP contribution in [0.2, 0.25) is 0 Å². The highest BCUT2D eigenvalue weighted by atomic mass is 16.6. The van der Waals surface area contributed by atoms with Gasteiger partial charge in [0.05, 0.1) is 31.3 Å². The molecule has 0 bridgehead atoms. The van der Waals surface area contributed by atoms with E-state index in [9.17, 15) is 14.9 Å². The van der Waals surface area contributed by atoms with E-state index in [2.05, 4.69) is 5.10 Å². The summed E-state index contributed by atoms with van der Waals surface area (Å²) in [5, 5.41) is 23.0. The molecule has 0 amide bonds. The lowest BCUT2D eigenvalue weighted by atomic mass is 10.4. The summed E-state index contributed by atoms with van der Waals surface area (Å²) < 4.78 is 11.1. The molecule has 9 heteroatoms. The summed E-state index contributed by atoms with van der Waals surface area (Å²) in [4.78, 5) is 20.5. The molecule has 18 heavy (non-hydrogen) atoms. The Kier molecular flexibility index (Phi) is 5.21. The van der Waals surface area contributed by atoms with Gasteiger partial charge in [0.2, 0.25) is 5.69 Å². The number of aromatic nitrogens is 2. The maximum Gasteiger partial charge on any atom is 0.363 e. The minimum Gasteiger partial charge on any atom is -0.476 e. The van der Waals surface area contributed by atoms with Crippen molar-refractivity contribution in [3.05, 3.63) is 22.0 Å². The highest BCUT2D eigenvalue weighted by molar-refractivity contribution is 5.89. The van der Waals surface area contributed by atoms with E-state index in [0.717, 1.165) is 6.20 Å². The quantitative estimate of drug-likeness (QED) is 0.401. The monoisotopic (exact) mass is 259 g/mol. The lowest BCUT2D eigenvalue weighted by Gasteiger charge is -2.02. The van der Waals surface area contributed by atoms with Gasteiger partial charge in [0.25, 0.3) is 0 Å². The van der Waals surface area contributed by atoms with Crippen molar-refractivity contribution in [3.8, 4) is 0 Å². The van der Waals surface area contributed by atoms with Gasteiger partial charge < -0.3 is 14.6 Å². The molecule has 0 spiro atoms. The Morgan fingerprint density at radius 1 is 1.56 bits per heavy atom. The van der Waals surface area contributed by atoms with Gasteiger partial charge in [-0.3, -0.25) is 14.8 Å². The Bertz CT molecular complexity index is 398. The standard InChI is InChI=1S/C9H13N3O6/c1-17-4-5-18-3-2-11-6-7(12(15)16)8(10-11)9(13)14/h6H,2-5H2,1H3,(H,13,14). The van der Waals surface area contributed by atoms with Gasteiger partial charge in [-0.05, 0) is 0 Å². The summed E-state index contributed by atoms with van der Waals surface area (Å²) in [5.74, 6) is -1.43. The van der Waals surface area contributed by atoms with Crippen LogP contribution in [0.25, 0.3) is 0 Å². The second kappa shape index (κ2) is 6.67. The first kappa shape index (κ1) is 14.1. The minimum atomic E-state index is -1.43. The SMILES string of the molecule is COCCOCCn1cc([N+](=O)[O-])c(C(=O)O)n1. The summed E-state index contributed by atoms with van der Waals surface area (Å²) in [6.07, 6.45) is 1.07. The van der Waals surface area contributed by atoms with E-state index in [4.69, 9.17) is 14.6 Å². The summed E-state index contributed by atoms with van der Waals surface area (Å²) in [6.45, 7) is 1.34. The highest BCUT2D eigenvalue weighted by Gasteiger charge is 2.24. The maximum absolute atomic E-state index is 10.7. The second-order valence-corrected chi connectivity index (χ2v) is 3.29. The largest absolute Gasteiger partial charge is 0.476 e. The summed E-state index contributed by atoms with van der Waals surface area (Å²) in [6, 6.07) is 0. The van der Waals surface area contributed by atoms with Crippen LogP contribution in [0.1, 0.15) is 10.5 Å². The van der Waals surface area contributed by atoms with E-state index in [-0.39, 0.29) is 13.2 Å². The average Bonchev–Trinajstić information content (AvgIpc) is 2.73. The first-order valence-electron chi connectivity index (χ1n) is 5.08. The molecule has 1 heterocycles. The van der Waals surface area contributed by atoms with Crippen LogP contribution in [0.15, 0.2) is 6.20 Å². The number of carbonyl (C=O) groups is 1. The van der Waals surface area contributed by atoms with Gasteiger partial charge in [-0.25, -0.2) is 4.79 Å². The second-order valence-electron chi connectivity index (χ2n) is 3.29. The van der Waals surface area contributed by atoms with Gasteiger partial charge in [0, 0.05) is 7.11 Å². The number of carboxylic acids is 1. The minimum absolute atomic E-state index is 0.234. The molecule has 0 aliphatic carbocycles. The van der Waals surface area contributed by atoms with Crippen LogP contribution < -0.4 is 0 Å². The molecule has 0 atom stereocenters. The smallest absolute Gasteiger partial charge is 0.363 e. The molecule has 0 aliphatic heterocycles. The molecule has 1 aromatic heterocycles. The Morgan fingerprint density at radius 3 is 2.78 bits per heavy atom. The van der Waals surface area contributed by atoms with Gasteiger partial charge in [0.1, 0.15) is 6.20 Å². The Balaban J connectivity index is 2.59. The van der Waals surface area contributed by atoms with E-state index in [1.54, 1.807) is 7.11 Å². The van der Waals surface area contributed by atoms with Crippen LogP contribution in [0.4, 0.5) is 5.69 Å². The average molecular weight is 259 g/mol. The topological polar surface area (TPSA) is 117 Å². The zero-order valence-electron chi connectivity index (χ0n) is 9.74. The Morgan fingerprint density at radius 2 is 2.28 bits per heavy atom. The number of nitrogens with zero attached hydrogens (tertiary/aromatic N) is 3. The van der Waals surface area contributed by atoms with Crippen molar-refractivity contribution in [2.24, 2.45) is 0 Å². The summed E-state index contributed by atoms with van der Waals surface area (Å²) in [7, 11) is 1.54. The number of ether oxygens (including phenoxy) is 2. The van der Waals surface area contributed by atoms with E-state index in [1.807, 2.05) is 0 Å². The molecule has 100 valence electrons. The fourth-order valence-corrected chi connectivity index (χ4v) is 1.21. The summed E-state index contributed by atoms with van der Waals surface area (Å²) >= 11 is 0. The van der Waals surface area contributed by atoms with Crippen molar-refractivity contribution in [2.45, 2.75) is 6.54 Å².